The van der Waals surface area contributed by atoms with Gasteiger partial charge in [-0.05, 0) is 220 Å². The Bertz CT molecular complexity index is 9340. The molecule has 0 atom stereocenters. The van der Waals surface area contributed by atoms with Crippen molar-refractivity contribution < 1.29 is 8.83 Å². The molecular formula is C117H72N2O2S. The molecular weight excluding hydrogens is 1500 g/mol. The van der Waals surface area contributed by atoms with E-state index in [-0.39, 0.29) is 5.41 Å². The molecule has 0 unspecified atom stereocenters. The molecule has 0 amide bonds. The molecule has 5 heteroatoms. The highest BCUT2D eigenvalue weighted by atomic mass is 32.1. The number of fused-ring (bicyclic) bond motifs is 48. The van der Waals surface area contributed by atoms with Crippen LogP contribution in [0.4, 0.5) is 0 Å². The van der Waals surface area contributed by atoms with Crippen LogP contribution in [0.2, 0.25) is 0 Å². The second-order valence-corrected chi connectivity index (χ2v) is 35.4. The maximum absolute atomic E-state index is 6.82. The summed E-state index contributed by atoms with van der Waals surface area (Å²) >= 11 is 1.95. The maximum atomic E-state index is 6.82. The fraction of sp³-hybridized carbons (Fsp3) is 0.0427. The molecule has 27 aromatic rings. The summed E-state index contributed by atoms with van der Waals surface area (Å²) in [5, 5.41) is 38.5. The zero-order valence-corrected chi connectivity index (χ0v) is 67.6. The lowest BCUT2D eigenvalue weighted by atomic mass is 9.78. The first kappa shape index (κ1) is 67.8. The van der Waals surface area contributed by atoms with E-state index >= 15 is 0 Å². The van der Waals surface area contributed by atoms with Gasteiger partial charge in [-0.15, -0.1) is 11.3 Å². The number of benzene rings is 22. The van der Waals surface area contributed by atoms with E-state index in [2.05, 4.69) is 388 Å². The van der Waals surface area contributed by atoms with Gasteiger partial charge >= 0.3 is 0 Å². The van der Waals surface area contributed by atoms with E-state index in [1.807, 2.05) is 11.3 Å². The number of furan rings is 2. The molecule has 2 N–H and O–H groups in total. The summed E-state index contributed by atoms with van der Waals surface area (Å²) in [5.74, 6) is 0. The topological polar surface area (TPSA) is 57.9 Å². The Morgan fingerprint density at radius 1 is 0.254 bits per heavy atom. The van der Waals surface area contributed by atoms with Gasteiger partial charge in [0.25, 0.3) is 0 Å². The molecule has 0 radical (unpaired) electrons. The number of hydrogen-bond donors (Lipinski definition) is 2. The third-order valence-corrected chi connectivity index (χ3v) is 28.7. The Kier molecular flexibility index (Phi) is 14.2. The zero-order chi connectivity index (χ0) is 79.9. The lowest BCUT2D eigenvalue weighted by molar-refractivity contribution is 0.673. The maximum Gasteiger partial charge on any atom is 0.145 e. The van der Waals surface area contributed by atoms with Gasteiger partial charge in [-0.1, -0.05) is 323 Å². The third-order valence-electron chi connectivity index (χ3n) is 27.6. The molecule has 0 saturated carbocycles. The van der Waals surface area contributed by atoms with Crippen molar-refractivity contribution >= 4 is 227 Å². The molecule has 30 rings (SSSR count). The lowest BCUT2D eigenvalue weighted by Gasteiger charge is -2.24. The van der Waals surface area contributed by atoms with Crippen LogP contribution in [-0.2, 0) is 18.3 Å². The quantitative estimate of drug-likeness (QED) is 0.159. The molecule has 0 spiro atoms. The fourth-order valence-corrected chi connectivity index (χ4v) is 23.6. The summed E-state index contributed by atoms with van der Waals surface area (Å²) in [6.45, 7) is 4.83. The van der Waals surface area contributed by atoms with E-state index in [1.165, 1.54) is 249 Å². The second-order valence-electron chi connectivity index (χ2n) is 34.3. The number of hydrogen-bond acceptors (Lipinski definition) is 3. The number of aromatic nitrogens is 2. The van der Waals surface area contributed by atoms with Crippen LogP contribution >= 0.6 is 11.3 Å². The molecule has 3 aliphatic rings. The average molecular weight is 1570 g/mol. The molecule has 0 bridgehead atoms. The van der Waals surface area contributed by atoms with Gasteiger partial charge in [0.15, 0.2) is 0 Å². The molecule has 0 saturated heterocycles. The van der Waals surface area contributed by atoms with Gasteiger partial charge in [0.05, 0.1) is 16.4 Å². The van der Waals surface area contributed by atoms with Crippen molar-refractivity contribution in [3.05, 3.63) is 397 Å². The van der Waals surface area contributed by atoms with E-state index in [9.17, 15) is 0 Å². The largest absolute Gasteiger partial charge is 0.455 e. The predicted octanol–water partition coefficient (Wildman–Crippen LogP) is 33.2. The number of H-pyrrole nitrogens is 2. The highest BCUT2D eigenvalue weighted by Gasteiger charge is 2.41. The van der Waals surface area contributed by atoms with E-state index in [0.717, 1.165) is 46.2 Å². The average Bonchev–Trinajstić information content (AvgIpc) is 1.52. The Hall–Kier alpha value is -15.1. The van der Waals surface area contributed by atoms with E-state index in [1.54, 1.807) is 0 Å². The van der Waals surface area contributed by atoms with Gasteiger partial charge in [-0.2, -0.15) is 0 Å². The highest BCUT2D eigenvalue weighted by molar-refractivity contribution is 7.26. The smallest absolute Gasteiger partial charge is 0.145 e. The number of aromatic amines is 2. The van der Waals surface area contributed by atoms with Crippen LogP contribution in [0.3, 0.4) is 0 Å². The van der Waals surface area contributed by atoms with Crippen LogP contribution in [0.25, 0.3) is 249 Å². The number of rotatable bonds is 0. The summed E-state index contributed by atoms with van der Waals surface area (Å²) in [7, 11) is 0. The molecule has 22 aromatic carbocycles. The van der Waals surface area contributed by atoms with Crippen LogP contribution < -0.4 is 0 Å². The van der Waals surface area contributed by atoms with Crippen molar-refractivity contribution in [1.29, 1.82) is 0 Å². The lowest BCUT2D eigenvalue weighted by Crippen LogP contribution is -2.16. The Morgan fingerprint density at radius 3 is 1.43 bits per heavy atom. The Balaban J connectivity index is 0.0000000858. The van der Waals surface area contributed by atoms with Gasteiger partial charge in [0.2, 0.25) is 0 Å². The van der Waals surface area contributed by atoms with Crippen LogP contribution in [0.1, 0.15) is 47.2 Å². The van der Waals surface area contributed by atoms with Crippen molar-refractivity contribution in [1.82, 2.24) is 9.97 Å². The second kappa shape index (κ2) is 25.5. The van der Waals surface area contributed by atoms with Crippen molar-refractivity contribution in [2.75, 3.05) is 0 Å². The minimum absolute atomic E-state index is 0.116. The van der Waals surface area contributed by atoms with Crippen LogP contribution in [0, 0.1) is 0 Å². The van der Waals surface area contributed by atoms with Crippen molar-refractivity contribution in [2.24, 2.45) is 0 Å². The standard InChI is InChI=1S/C33H23N.C31H18O.C27H16S.C26H15NO/c1-33(2)30-22-12-6-5-9-19(22)15-16-25(30)28-23-13-7-8-14-24(23)32-29(31(28)33)26-17-20-10-3-4-11-21(20)18-27(26)34-32;1-3-9-21-18(7-1)13-14-20-17-26-23-11-5-6-12-24(23)28-25-16-15-19-8-2-4-10-22(19)30(25)32-31(28)29(26)27(20)21;1-2-7-18-15-24-23(14-17(18)6-1)22-12-11-20-13-19-10-9-16-5-3-4-8-21(16)25(19)26(20)27(22)28-24;1-3-7-17-16(6-1)10-14-22-23(17)19-11-13-21-25(26(19)28-22)24-18-8-4-2-5-15(18)9-12-20(24)27-21/h3-18,34H,1-2H3;1-16H,17H2;1-12,14-15H,13H2;1-14,27H. The summed E-state index contributed by atoms with van der Waals surface area (Å²) in [5.41, 5.74) is 25.5. The van der Waals surface area contributed by atoms with Gasteiger partial charge in [-0.3, -0.25) is 0 Å². The van der Waals surface area contributed by atoms with Crippen molar-refractivity contribution in [2.45, 2.75) is 32.1 Å². The zero-order valence-electron chi connectivity index (χ0n) is 66.8. The predicted molar refractivity (Wildman–Crippen MR) is 521 cm³/mol. The van der Waals surface area contributed by atoms with Crippen LogP contribution in [0.15, 0.2) is 373 Å². The van der Waals surface area contributed by atoms with E-state index in [0.29, 0.717) is 0 Å². The van der Waals surface area contributed by atoms with E-state index in [4.69, 9.17) is 8.83 Å². The van der Waals surface area contributed by atoms with Gasteiger partial charge in [0.1, 0.15) is 22.3 Å². The Labute approximate surface area is 703 Å². The minimum Gasteiger partial charge on any atom is -0.455 e. The molecule has 0 aliphatic heterocycles. The molecule has 568 valence electrons. The summed E-state index contributed by atoms with van der Waals surface area (Å²) in [6.07, 6.45) is 1.99. The first-order chi connectivity index (χ1) is 60.3. The molecule has 3 aliphatic carbocycles. The summed E-state index contributed by atoms with van der Waals surface area (Å²) in [4.78, 5) is 7.43. The molecule has 4 nitrogen and oxygen atoms in total. The third kappa shape index (κ3) is 9.62. The summed E-state index contributed by atoms with van der Waals surface area (Å²) < 4.78 is 16.1. The minimum atomic E-state index is -0.116. The highest BCUT2D eigenvalue weighted by Crippen LogP contribution is 2.59. The SMILES string of the molecule is CC1(C)c2c(ccc3ccccc23)-c2c1c1c3cc4ccccc4cc3[nH]c1c1ccccc21.c1ccc2c(c1)ccc1oc3c(ccc4[nH]c5ccc6ccccc6c5c43)c12.c1ccc2c3c(ccc2c1)Cc1c-3c2oc3c4ccccc4ccc3c2c2ccccc12.c1ccc2cc3c(cc2c1)sc1c2c(ccc13)Cc1ccc3ccccc3c1-2. The molecule has 122 heavy (non-hydrogen) atoms. The van der Waals surface area contributed by atoms with Gasteiger partial charge in [-0.25, -0.2) is 0 Å². The monoisotopic (exact) mass is 1570 g/mol. The van der Waals surface area contributed by atoms with Gasteiger partial charge < -0.3 is 18.8 Å². The number of nitrogens with one attached hydrogen (secondary N) is 2. The molecule has 5 heterocycles. The molecule has 0 fully saturated rings. The number of thiophene rings is 1. The first-order valence-corrected chi connectivity index (χ1v) is 43.3. The van der Waals surface area contributed by atoms with Crippen LogP contribution in [-0.4, -0.2) is 9.97 Å². The molecule has 5 aromatic heterocycles. The Morgan fingerprint density at radius 2 is 0.721 bits per heavy atom. The van der Waals surface area contributed by atoms with Crippen molar-refractivity contribution in [3.63, 3.8) is 0 Å². The first-order valence-electron chi connectivity index (χ1n) is 42.5. The van der Waals surface area contributed by atoms with Crippen molar-refractivity contribution in [3.8, 4) is 33.4 Å². The summed E-state index contributed by atoms with van der Waals surface area (Å²) in [6, 6.07) is 132. The van der Waals surface area contributed by atoms with Gasteiger partial charge in [0, 0.05) is 96.2 Å². The fourth-order valence-electron chi connectivity index (χ4n) is 22.3. The normalized spacial score (nSPS) is 13.2. The van der Waals surface area contributed by atoms with Crippen LogP contribution in [0.5, 0.6) is 0 Å². The van der Waals surface area contributed by atoms with E-state index < -0.39 is 0 Å².